The van der Waals surface area contributed by atoms with Gasteiger partial charge < -0.3 is 15.5 Å². The average molecular weight is 492 g/mol. The number of nitrogens with zero attached hydrogens (tertiary/aromatic N) is 2. The molecular weight excluding hydrogens is 471 g/mol. The molecular formula is C20H21IN4O3. The molecule has 0 radical (unpaired) electrons. The van der Waals surface area contributed by atoms with Gasteiger partial charge in [0.15, 0.2) is 0 Å². The number of pyridine rings is 1. The molecule has 146 valence electrons. The maximum Gasteiger partial charge on any atom is 0.253 e. The van der Waals surface area contributed by atoms with Crippen molar-refractivity contribution in [3.63, 3.8) is 0 Å². The highest BCUT2D eigenvalue weighted by atomic mass is 127. The van der Waals surface area contributed by atoms with Gasteiger partial charge in [0.25, 0.3) is 11.8 Å². The summed E-state index contributed by atoms with van der Waals surface area (Å²) >= 11 is 2.09. The quantitative estimate of drug-likeness (QED) is 0.624. The molecule has 2 aromatic rings. The third kappa shape index (κ3) is 5.28. The van der Waals surface area contributed by atoms with Crippen molar-refractivity contribution >= 4 is 40.3 Å². The standard InChI is InChI=1S/C20H21IN4O3/c21-17-4-2-1-3-16(17)19(27)23-13-18(26)24-15-7-11-25(12-8-15)20(28)14-5-9-22-10-6-14/h1-6,9-10,15H,7-8,11-13H2,(H,23,27)(H,24,26). The summed E-state index contributed by atoms with van der Waals surface area (Å²) < 4.78 is 0.837. The number of rotatable bonds is 5. The van der Waals surface area contributed by atoms with Crippen molar-refractivity contribution < 1.29 is 14.4 Å². The summed E-state index contributed by atoms with van der Waals surface area (Å²) in [6.07, 6.45) is 4.58. The SMILES string of the molecule is O=C(CNC(=O)c1ccccc1I)NC1CCN(C(=O)c2ccncc2)CC1. The lowest BCUT2D eigenvalue weighted by molar-refractivity contribution is -0.121. The van der Waals surface area contributed by atoms with Crippen LogP contribution in [-0.4, -0.2) is 53.3 Å². The van der Waals surface area contributed by atoms with Gasteiger partial charge >= 0.3 is 0 Å². The first-order valence-corrected chi connectivity index (χ1v) is 10.1. The molecule has 0 aliphatic carbocycles. The van der Waals surface area contributed by atoms with Crippen LogP contribution in [-0.2, 0) is 4.79 Å². The van der Waals surface area contributed by atoms with Gasteiger partial charge in [-0.05, 0) is 59.7 Å². The molecule has 0 atom stereocenters. The van der Waals surface area contributed by atoms with Crippen LogP contribution in [0.4, 0.5) is 0 Å². The van der Waals surface area contributed by atoms with Crippen LogP contribution in [0, 0.1) is 3.57 Å². The summed E-state index contributed by atoms with van der Waals surface area (Å²) in [5.41, 5.74) is 1.18. The molecule has 0 bridgehead atoms. The molecule has 3 amide bonds. The van der Waals surface area contributed by atoms with E-state index in [1.165, 1.54) is 0 Å². The lowest BCUT2D eigenvalue weighted by atomic mass is 10.0. The van der Waals surface area contributed by atoms with Crippen LogP contribution in [0.2, 0.25) is 0 Å². The minimum atomic E-state index is -0.266. The van der Waals surface area contributed by atoms with Crippen molar-refractivity contribution in [2.45, 2.75) is 18.9 Å². The molecule has 2 N–H and O–H groups in total. The van der Waals surface area contributed by atoms with E-state index in [1.807, 2.05) is 12.1 Å². The first-order valence-electron chi connectivity index (χ1n) is 9.06. The number of benzene rings is 1. The summed E-state index contributed by atoms with van der Waals surface area (Å²) in [7, 11) is 0. The Morgan fingerprint density at radius 1 is 1.07 bits per heavy atom. The Balaban J connectivity index is 1.42. The number of nitrogens with one attached hydrogen (secondary N) is 2. The first-order chi connectivity index (χ1) is 13.5. The molecule has 1 aromatic heterocycles. The van der Waals surface area contributed by atoms with Gasteiger partial charge in [0.05, 0.1) is 12.1 Å². The molecule has 28 heavy (non-hydrogen) atoms. The van der Waals surface area contributed by atoms with Crippen molar-refractivity contribution in [2.24, 2.45) is 0 Å². The third-order valence-corrected chi connectivity index (χ3v) is 5.54. The zero-order valence-corrected chi connectivity index (χ0v) is 17.4. The van der Waals surface area contributed by atoms with E-state index in [0.29, 0.717) is 37.1 Å². The summed E-state index contributed by atoms with van der Waals surface area (Å²) in [5, 5.41) is 5.59. The number of hydrogen-bond donors (Lipinski definition) is 2. The number of hydrogen-bond acceptors (Lipinski definition) is 4. The van der Waals surface area contributed by atoms with Crippen molar-refractivity contribution in [1.29, 1.82) is 0 Å². The van der Waals surface area contributed by atoms with E-state index < -0.39 is 0 Å². The van der Waals surface area contributed by atoms with Crippen molar-refractivity contribution in [1.82, 2.24) is 20.5 Å². The van der Waals surface area contributed by atoms with Crippen molar-refractivity contribution in [3.05, 3.63) is 63.5 Å². The number of aromatic nitrogens is 1. The van der Waals surface area contributed by atoms with E-state index in [-0.39, 0.29) is 30.3 Å². The van der Waals surface area contributed by atoms with E-state index in [9.17, 15) is 14.4 Å². The van der Waals surface area contributed by atoms with Gasteiger partial charge in [0.2, 0.25) is 5.91 Å². The van der Waals surface area contributed by atoms with Crippen LogP contribution in [0.3, 0.4) is 0 Å². The maximum absolute atomic E-state index is 12.4. The molecule has 8 heteroatoms. The lowest BCUT2D eigenvalue weighted by Crippen LogP contribution is -2.48. The van der Waals surface area contributed by atoms with Gasteiger partial charge in [0, 0.05) is 40.7 Å². The molecule has 0 unspecified atom stereocenters. The van der Waals surface area contributed by atoms with Crippen molar-refractivity contribution in [2.75, 3.05) is 19.6 Å². The Bertz CT molecular complexity index is 852. The van der Waals surface area contributed by atoms with E-state index in [4.69, 9.17) is 0 Å². The zero-order chi connectivity index (χ0) is 19.9. The number of piperidine rings is 1. The van der Waals surface area contributed by atoms with E-state index in [2.05, 4.69) is 38.2 Å². The number of carbonyl (C=O) groups excluding carboxylic acids is 3. The summed E-state index contributed by atoms with van der Waals surface area (Å²) in [5.74, 6) is -0.506. The van der Waals surface area contributed by atoms with Crippen LogP contribution in [0.1, 0.15) is 33.6 Å². The van der Waals surface area contributed by atoms with Crippen LogP contribution in [0.25, 0.3) is 0 Å². The fraction of sp³-hybridized carbons (Fsp3) is 0.300. The van der Waals surface area contributed by atoms with Crippen LogP contribution >= 0.6 is 22.6 Å². The molecule has 2 heterocycles. The monoisotopic (exact) mass is 492 g/mol. The molecule has 1 fully saturated rings. The molecule has 1 aliphatic heterocycles. The summed E-state index contributed by atoms with van der Waals surface area (Å²) in [4.78, 5) is 42.5. The fourth-order valence-electron chi connectivity index (χ4n) is 3.08. The number of likely N-dealkylation sites (tertiary alicyclic amines) is 1. The van der Waals surface area contributed by atoms with Crippen molar-refractivity contribution in [3.8, 4) is 0 Å². The molecule has 1 aliphatic rings. The normalized spacial score (nSPS) is 14.4. The predicted molar refractivity (Wildman–Crippen MR) is 113 cm³/mol. The molecule has 7 nitrogen and oxygen atoms in total. The number of halogens is 1. The Kier molecular flexibility index (Phi) is 6.96. The lowest BCUT2D eigenvalue weighted by Gasteiger charge is -2.32. The molecule has 0 spiro atoms. The summed E-state index contributed by atoms with van der Waals surface area (Å²) in [6.45, 7) is 1.10. The molecule has 3 rings (SSSR count). The van der Waals surface area contributed by atoms with E-state index >= 15 is 0 Å². The topological polar surface area (TPSA) is 91.4 Å². The van der Waals surface area contributed by atoms with Crippen LogP contribution in [0.5, 0.6) is 0 Å². The minimum absolute atomic E-state index is 0.00255. The molecule has 0 saturated carbocycles. The number of amides is 3. The predicted octanol–water partition coefficient (Wildman–Crippen LogP) is 1.84. The van der Waals surface area contributed by atoms with Gasteiger partial charge in [-0.1, -0.05) is 12.1 Å². The Hall–Kier alpha value is -2.49. The van der Waals surface area contributed by atoms with E-state index in [0.717, 1.165) is 3.57 Å². The Morgan fingerprint density at radius 2 is 1.75 bits per heavy atom. The minimum Gasteiger partial charge on any atom is -0.352 e. The fourth-order valence-corrected chi connectivity index (χ4v) is 3.72. The Morgan fingerprint density at radius 3 is 2.43 bits per heavy atom. The van der Waals surface area contributed by atoms with Gasteiger partial charge in [0.1, 0.15) is 0 Å². The maximum atomic E-state index is 12.4. The Labute approximate surface area is 177 Å². The summed E-state index contributed by atoms with van der Waals surface area (Å²) in [6, 6.07) is 10.6. The second-order valence-corrected chi connectivity index (χ2v) is 7.69. The first kappa shape index (κ1) is 20.2. The van der Waals surface area contributed by atoms with Crippen LogP contribution in [0.15, 0.2) is 48.8 Å². The molecule has 1 aromatic carbocycles. The van der Waals surface area contributed by atoms with Gasteiger partial charge in [-0.2, -0.15) is 0 Å². The highest BCUT2D eigenvalue weighted by molar-refractivity contribution is 14.1. The van der Waals surface area contributed by atoms with Gasteiger partial charge in [-0.25, -0.2) is 0 Å². The van der Waals surface area contributed by atoms with Crippen LogP contribution < -0.4 is 10.6 Å². The third-order valence-electron chi connectivity index (χ3n) is 4.60. The largest absolute Gasteiger partial charge is 0.352 e. The van der Waals surface area contributed by atoms with Gasteiger partial charge in [-0.15, -0.1) is 0 Å². The highest BCUT2D eigenvalue weighted by Gasteiger charge is 2.24. The highest BCUT2D eigenvalue weighted by Crippen LogP contribution is 2.14. The van der Waals surface area contributed by atoms with E-state index in [1.54, 1.807) is 41.6 Å². The average Bonchev–Trinajstić information content (AvgIpc) is 2.73. The second-order valence-electron chi connectivity index (χ2n) is 6.53. The number of carbonyl (C=O) groups is 3. The van der Waals surface area contributed by atoms with Gasteiger partial charge in [-0.3, -0.25) is 19.4 Å². The zero-order valence-electron chi connectivity index (χ0n) is 15.2. The smallest absolute Gasteiger partial charge is 0.253 e. The second kappa shape index (κ2) is 9.63. The molecule has 1 saturated heterocycles.